The van der Waals surface area contributed by atoms with Crippen LogP contribution in [-0.2, 0) is 0 Å². The van der Waals surface area contributed by atoms with Crippen molar-refractivity contribution in [2.75, 3.05) is 13.1 Å². The van der Waals surface area contributed by atoms with E-state index in [9.17, 15) is 9.59 Å². The number of aromatic nitrogens is 1. The molecule has 0 unspecified atom stereocenters. The van der Waals surface area contributed by atoms with Crippen LogP contribution in [-0.4, -0.2) is 40.8 Å². The SMILES string of the molecule is O=C(NC1CCN(C(=O)c2cccc(Br)c2)CC1)c1ccncc1. The standard InChI is InChI=1S/C18H18BrN3O2/c19-15-3-1-2-14(12-15)18(24)22-10-6-16(7-11-22)21-17(23)13-4-8-20-9-5-13/h1-5,8-9,12,16H,6-7,10-11H2,(H,21,23). The maximum atomic E-state index is 12.5. The van der Waals surface area contributed by atoms with E-state index in [0.717, 1.165) is 17.3 Å². The predicted octanol–water partition coefficient (Wildman–Crippen LogP) is 2.88. The quantitative estimate of drug-likeness (QED) is 0.880. The summed E-state index contributed by atoms with van der Waals surface area (Å²) in [5.41, 5.74) is 1.29. The summed E-state index contributed by atoms with van der Waals surface area (Å²) in [5.74, 6) is -0.0515. The molecule has 1 fully saturated rings. The summed E-state index contributed by atoms with van der Waals surface area (Å²) in [5, 5.41) is 3.03. The molecule has 0 radical (unpaired) electrons. The van der Waals surface area contributed by atoms with E-state index in [4.69, 9.17) is 0 Å². The Labute approximate surface area is 149 Å². The van der Waals surface area contributed by atoms with E-state index < -0.39 is 0 Å². The van der Waals surface area contributed by atoms with Crippen LogP contribution in [0.15, 0.2) is 53.3 Å². The molecule has 2 amide bonds. The molecule has 2 aromatic rings. The molecular formula is C18H18BrN3O2. The van der Waals surface area contributed by atoms with Crippen molar-refractivity contribution < 1.29 is 9.59 Å². The van der Waals surface area contributed by atoms with Gasteiger partial charge < -0.3 is 10.2 Å². The first-order valence-corrected chi connectivity index (χ1v) is 8.68. The number of carbonyl (C=O) groups excluding carboxylic acids is 2. The van der Waals surface area contributed by atoms with Gasteiger partial charge in [-0.25, -0.2) is 0 Å². The van der Waals surface area contributed by atoms with Gasteiger partial charge in [-0.1, -0.05) is 22.0 Å². The van der Waals surface area contributed by atoms with Gasteiger partial charge in [-0.2, -0.15) is 0 Å². The number of likely N-dealkylation sites (tertiary alicyclic amines) is 1. The third-order valence-corrected chi connectivity index (χ3v) is 4.62. The van der Waals surface area contributed by atoms with E-state index in [1.165, 1.54) is 0 Å². The third-order valence-electron chi connectivity index (χ3n) is 4.13. The number of hydrogen-bond donors (Lipinski definition) is 1. The molecule has 1 aliphatic heterocycles. The van der Waals surface area contributed by atoms with Crippen LogP contribution in [0.3, 0.4) is 0 Å². The lowest BCUT2D eigenvalue weighted by atomic mass is 10.0. The molecule has 6 heteroatoms. The molecule has 1 N–H and O–H groups in total. The van der Waals surface area contributed by atoms with Crippen molar-refractivity contribution in [2.24, 2.45) is 0 Å². The summed E-state index contributed by atoms with van der Waals surface area (Å²) < 4.78 is 0.896. The molecule has 24 heavy (non-hydrogen) atoms. The highest BCUT2D eigenvalue weighted by Crippen LogP contribution is 2.17. The van der Waals surface area contributed by atoms with Gasteiger partial charge in [0, 0.05) is 47.1 Å². The van der Waals surface area contributed by atoms with E-state index in [2.05, 4.69) is 26.2 Å². The van der Waals surface area contributed by atoms with E-state index in [0.29, 0.717) is 24.2 Å². The molecule has 1 aliphatic rings. The number of piperidine rings is 1. The van der Waals surface area contributed by atoms with Gasteiger partial charge in [0.2, 0.25) is 0 Å². The molecule has 1 aromatic carbocycles. The van der Waals surface area contributed by atoms with Gasteiger partial charge in [0.25, 0.3) is 11.8 Å². The molecule has 0 saturated carbocycles. The van der Waals surface area contributed by atoms with E-state index in [-0.39, 0.29) is 17.9 Å². The highest BCUT2D eigenvalue weighted by atomic mass is 79.9. The second-order valence-corrected chi connectivity index (χ2v) is 6.70. The van der Waals surface area contributed by atoms with Gasteiger partial charge in [0.15, 0.2) is 0 Å². The summed E-state index contributed by atoms with van der Waals surface area (Å²) in [7, 11) is 0. The third kappa shape index (κ3) is 4.00. The predicted molar refractivity (Wildman–Crippen MR) is 94.8 cm³/mol. The van der Waals surface area contributed by atoms with Crippen molar-refractivity contribution in [1.29, 1.82) is 0 Å². The smallest absolute Gasteiger partial charge is 0.253 e. The summed E-state index contributed by atoms with van der Waals surface area (Å²) in [4.78, 5) is 30.4. The zero-order valence-electron chi connectivity index (χ0n) is 13.1. The number of benzene rings is 1. The van der Waals surface area contributed by atoms with Crippen molar-refractivity contribution in [2.45, 2.75) is 18.9 Å². The molecule has 0 spiro atoms. The Kier molecular flexibility index (Phi) is 5.25. The van der Waals surface area contributed by atoms with Crippen molar-refractivity contribution in [3.05, 3.63) is 64.4 Å². The minimum absolute atomic E-state index is 0.0372. The lowest BCUT2D eigenvalue weighted by Crippen LogP contribution is -2.46. The number of pyridine rings is 1. The maximum Gasteiger partial charge on any atom is 0.253 e. The summed E-state index contributed by atoms with van der Waals surface area (Å²) >= 11 is 3.39. The van der Waals surface area contributed by atoms with Gasteiger partial charge in [-0.3, -0.25) is 14.6 Å². The van der Waals surface area contributed by atoms with Crippen LogP contribution in [0.25, 0.3) is 0 Å². The van der Waals surface area contributed by atoms with Crippen LogP contribution in [0.1, 0.15) is 33.6 Å². The Hall–Kier alpha value is -2.21. The summed E-state index contributed by atoms with van der Waals surface area (Å²) in [6.07, 6.45) is 4.73. The number of halogens is 1. The molecule has 1 aromatic heterocycles. The molecule has 2 heterocycles. The zero-order chi connectivity index (χ0) is 16.9. The Morgan fingerprint density at radius 1 is 1.08 bits per heavy atom. The van der Waals surface area contributed by atoms with Crippen molar-refractivity contribution in [3.63, 3.8) is 0 Å². The van der Waals surface area contributed by atoms with Gasteiger partial charge in [0.05, 0.1) is 0 Å². The molecule has 5 nitrogen and oxygen atoms in total. The Morgan fingerprint density at radius 3 is 2.46 bits per heavy atom. The fourth-order valence-electron chi connectivity index (χ4n) is 2.80. The second kappa shape index (κ2) is 7.57. The number of hydrogen-bond acceptors (Lipinski definition) is 3. The lowest BCUT2D eigenvalue weighted by molar-refractivity contribution is 0.0698. The van der Waals surface area contributed by atoms with Crippen LogP contribution in [0.4, 0.5) is 0 Å². The Balaban J connectivity index is 1.54. The summed E-state index contributed by atoms with van der Waals surface area (Å²) in [6, 6.07) is 10.9. The molecule has 0 bridgehead atoms. The van der Waals surface area contributed by atoms with Crippen molar-refractivity contribution >= 4 is 27.7 Å². The zero-order valence-corrected chi connectivity index (χ0v) is 14.7. The number of amides is 2. The minimum atomic E-state index is -0.0887. The molecule has 3 rings (SSSR count). The van der Waals surface area contributed by atoms with Crippen LogP contribution in [0, 0.1) is 0 Å². The molecular weight excluding hydrogens is 370 g/mol. The largest absolute Gasteiger partial charge is 0.349 e. The topological polar surface area (TPSA) is 62.3 Å². The minimum Gasteiger partial charge on any atom is -0.349 e. The first kappa shape index (κ1) is 16.6. The van der Waals surface area contributed by atoms with E-state index in [1.807, 2.05) is 29.2 Å². The highest BCUT2D eigenvalue weighted by molar-refractivity contribution is 9.10. The molecule has 0 aliphatic carbocycles. The fraction of sp³-hybridized carbons (Fsp3) is 0.278. The molecule has 0 atom stereocenters. The van der Waals surface area contributed by atoms with Crippen LogP contribution < -0.4 is 5.32 Å². The number of rotatable bonds is 3. The van der Waals surface area contributed by atoms with Gasteiger partial charge in [-0.05, 0) is 43.2 Å². The first-order chi connectivity index (χ1) is 11.6. The lowest BCUT2D eigenvalue weighted by Gasteiger charge is -2.32. The molecule has 1 saturated heterocycles. The Bertz CT molecular complexity index is 728. The monoisotopic (exact) mass is 387 g/mol. The number of nitrogens with zero attached hydrogens (tertiary/aromatic N) is 2. The van der Waals surface area contributed by atoms with Gasteiger partial charge in [-0.15, -0.1) is 0 Å². The van der Waals surface area contributed by atoms with E-state index in [1.54, 1.807) is 24.5 Å². The van der Waals surface area contributed by atoms with E-state index >= 15 is 0 Å². The van der Waals surface area contributed by atoms with Crippen LogP contribution in [0.2, 0.25) is 0 Å². The van der Waals surface area contributed by atoms with Gasteiger partial charge in [0.1, 0.15) is 0 Å². The van der Waals surface area contributed by atoms with Crippen LogP contribution in [0.5, 0.6) is 0 Å². The Morgan fingerprint density at radius 2 is 1.79 bits per heavy atom. The van der Waals surface area contributed by atoms with Crippen molar-refractivity contribution in [1.82, 2.24) is 15.2 Å². The number of nitrogens with one attached hydrogen (secondary N) is 1. The average Bonchev–Trinajstić information content (AvgIpc) is 2.62. The highest BCUT2D eigenvalue weighted by Gasteiger charge is 2.24. The summed E-state index contributed by atoms with van der Waals surface area (Å²) in [6.45, 7) is 1.29. The maximum absolute atomic E-state index is 12.5. The molecule has 124 valence electrons. The average molecular weight is 388 g/mol. The second-order valence-electron chi connectivity index (χ2n) is 5.79. The normalized spacial score (nSPS) is 15.1. The number of carbonyl (C=O) groups is 2. The fourth-order valence-corrected chi connectivity index (χ4v) is 3.20. The van der Waals surface area contributed by atoms with Gasteiger partial charge >= 0.3 is 0 Å². The van der Waals surface area contributed by atoms with Crippen molar-refractivity contribution in [3.8, 4) is 0 Å². The first-order valence-electron chi connectivity index (χ1n) is 7.89. The van der Waals surface area contributed by atoms with Crippen LogP contribution >= 0.6 is 15.9 Å².